The third-order valence-corrected chi connectivity index (χ3v) is 10.5. The Morgan fingerprint density at radius 1 is 0.843 bits per heavy atom. The molecular formula is C41H38Cl3N3O4. The maximum atomic E-state index is 14.3. The average Bonchev–Trinajstić information content (AvgIpc) is 3.45. The van der Waals surface area contributed by atoms with E-state index in [1.54, 1.807) is 41.3 Å². The summed E-state index contributed by atoms with van der Waals surface area (Å²) in [6, 6.07) is 25.9. The lowest BCUT2D eigenvalue weighted by Gasteiger charge is -2.33. The first-order chi connectivity index (χ1) is 24.6. The molecule has 2 amide bonds. The molecular weight excluding hydrogens is 705 g/mol. The Morgan fingerprint density at radius 2 is 1.43 bits per heavy atom. The molecule has 1 aliphatic heterocycles. The lowest BCUT2D eigenvalue weighted by Crippen LogP contribution is -2.52. The second kappa shape index (κ2) is 16.3. The molecule has 1 heterocycles. The van der Waals surface area contributed by atoms with Crippen LogP contribution in [0, 0.1) is 6.92 Å². The van der Waals surface area contributed by atoms with E-state index in [2.05, 4.69) is 29.6 Å². The molecule has 3 N–H and O–H groups in total. The van der Waals surface area contributed by atoms with Crippen molar-refractivity contribution in [3.05, 3.63) is 139 Å². The van der Waals surface area contributed by atoms with Crippen LogP contribution in [0.25, 0.3) is 23.3 Å². The minimum absolute atomic E-state index is 0.0314. The number of alkyl carbamates (subject to hydrolysis) is 1. The molecule has 1 saturated heterocycles. The number of rotatable bonds is 10. The number of carbonyl (C=O) groups is 3. The second-order valence-corrected chi connectivity index (χ2v) is 14.1. The third-order valence-electron chi connectivity index (χ3n) is 9.32. The number of Topliss-reactive ketones (excluding diaryl/α,β-unsaturated/α-hetero) is 1. The van der Waals surface area contributed by atoms with Gasteiger partial charge in [-0.25, -0.2) is 4.79 Å². The molecule has 1 fully saturated rings. The third kappa shape index (κ3) is 8.40. The van der Waals surface area contributed by atoms with Gasteiger partial charge in [0.2, 0.25) is 5.91 Å². The van der Waals surface area contributed by atoms with Gasteiger partial charge in [-0.1, -0.05) is 102 Å². The van der Waals surface area contributed by atoms with Gasteiger partial charge < -0.3 is 20.7 Å². The molecule has 7 nitrogen and oxygen atoms in total. The van der Waals surface area contributed by atoms with E-state index >= 15 is 0 Å². The first kappa shape index (κ1) is 36.4. The number of amides is 2. The van der Waals surface area contributed by atoms with Crippen LogP contribution in [-0.2, 0) is 14.3 Å². The van der Waals surface area contributed by atoms with Gasteiger partial charge in [0.05, 0.1) is 10.0 Å². The summed E-state index contributed by atoms with van der Waals surface area (Å²) in [5.74, 6) is -0.661. The van der Waals surface area contributed by atoms with Gasteiger partial charge in [-0.05, 0) is 102 Å². The zero-order chi connectivity index (χ0) is 36.1. The molecule has 1 atom stereocenters. The average molecular weight is 743 g/mol. The number of piperidine rings is 1. The minimum atomic E-state index is -0.901. The molecule has 0 radical (unpaired) electrons. The number of hydrogen-bond acceptors (Lipinski definition) is 5. The Morgan fingerprint density at radius 3 is 2.02 bits per heavy atom. The maximum Gasteiger partial charge on any atom is 0.407 e. The molecule has 2 aliphatic rings. The van der Waals surface area contributed by atoms with Crippen molar-refractivity contribution in [3.8, 4) is 11.1 Å². The fraction of sp³-hybridized carbons (Fsp3) is 0.244. The number of fused-ring (bicyclic) bond motifs is 3. The normalized spacial score (nSPS) is 16.3. The van der Waals surface area contributed by atoms with Crippen LogP contribution in [0.4, 0.5) is 4.79 Å². The summed E-state index contributed by atoms with van der Waals surface area (Å²) in [5, 5.41) is 4.15. The van der Waals surface area contributed by atoms with Crippen LogP contribution in [-0.4, -0.2) is 55.0 Å². The van der Waals surface area contributed by atoms with Gasteiger partial charge in [-0.2, -0.15) is 0 Å². The molecule has 4 aromatic carbocycles. The van der Waals surface area contributed by atoms with E-state index in [9.17, 15) is 14.4 Å². The number of nitrogens with zero attached hydrogens (tertiary/aromatic N) is 1. The van der Waals surface area contributed by atoms with Crippen molar-refractivity contribution >= 4 is 64.7 Å². The Kier molecular flexibility index (Phi) is 11.6. The fourth-order valence-electron chi connectivity index (χ4n) is 6.65. The van der Waals surface area contributed by atoms with Crippen LogP contribution in [0.3, 0.4) is 0 Å². The molecule has 51 heavy (non-hydrogen) atoms. The number of likely N-dealkylation sites (tertiary alicyclic amines) is 1. The Balaban J connectivity index is 1.25. The smallest absolute Gasteiger partial charge is 0.407 e. The van der Waals surface area contributed by atoms with Crippen molar-refractivity contribution in [1.29, 1.82) is 0 Å². The highest BCUT2D eigenvalue weighted by Gasteiger charge is 2.34. The standard InChI is InChI=1S/C41H38Cl3N3O4/c1-25-13-14-26(20-36(25)43)18-28-22-47(23-29(39(28)48)19-27-15-16-35(42)37(44)21-27)40(49)38(12-6-7-17-45)46-41(50)51-24-34-32-10-4-2-8-30(32)31-9-3-5-11-33(31)34/h2-5,8-11,13-16,18-21,34,38H,6-7,12,17,22-24,45H2,1H3,(H,46,50)/b28-18+,29-19+/t38-/m0/s1. The minimum Gasteiger partial charge on any atom is -0.449 e. The summed E-state index contributed by atoms with van der Waals surface area (Å²) >= 11 is 18.8. The predicted octanol–water partition coefficient (Wildman–Crippen LogP) is 8.87. The number of aryl methyl sites for hydroxylation is 1. The fourth-order valence-corrected chi connectivity index (χ4v) is 7.15. The van der Waals surface area contributed by atoms with Crippen molar-refractivity contribution in [3.63, 3.8) is 0 Å². The highest BCUT2D eigenvalue weighted by molar-refractivity contribution is 6.42. The number of ether oxygens (including phenoxy) is 1. The number of hydrogen-bond donors (Lipinski definition) is 2. The molecule has 0 spiro atoms. The summed E-state index contributed by atoms with van der Waals surface area (Å²) in [4.78, 5) is 43.2. The zero-order valence-electron chi connectivity index (χ0n) is 28.1. The molecule has 0 unspecified atom stereocenters. The summed E-state index contributed by atoms with van der Waals surface area (Å²) in [6.07, 6.45) is 4.41. The predicted molar refractivity (Wildman–Crippen MR) is 205 cm³/mol. The van der Waals surface area contributed by atoms with Gasteiger partial charge in [0.25, 0.3) is 0 Å². The number of carbonyl (C=O) groups excluding carboxylic acids is 3. The SMILES string of the molecule is Cc1ccc(/C=C2\CN(C(=O)[C@H](CCCCN)NC(=O)OCC3c4ccccc4-c4ccccc43)C/C(=C\c3ccc(Cl)c(Cl)c3)C2=O)cc1Cl. The highest BCUT2D eigenvalue weighted by atomic mass is 35.5. The summed E-state index contributed by atoms with van der Waals surface area (Å²) in [6.45, 7) is 2.54. The summed E-state index contributed by atoms with van der Waals surface area (Å²) < 4.78 is 5.81. The Bertz CT molecular complexity index is 1920. The van der Waals surface area contributed by atoms with Crippen molar-refractivity contribution in [1.82, 2.24) is 10.2 Å². The van der Waals surface area contributed by atoms with Crippen molar-refractivity contribution in [2.75, 3.05) is 26.2 Å². The number of nitrogens with one attached hydrogen (secondary N) is 1. The van der Waals surface area contributed by atoms with Crippen LogP contribution in [0.15, 0.2) is 96.1 Å². The van der Waals surface area contributed by atoms with Gasteiger partial charge in [-0.3, -0.25) is 9.59 Å². The summed E-state index contributed by atoms with van der Waals surface area (Å²) in [5.41, 5.74) is 13.3. The molecule has 4 aromatic rings. The molecule has 0 bridgehead atoms. The quantitative estimate of drug-likeness (QED) is 0.125. The monoisotopic (exact) mass is 741 g/mol. The van der Waals surface area contributed by atoms with E-state index < -0.39 is 12.1 Å². The maximum absolute atomic E-state index is 14.3. The van der Waals surface area contributed by atoms with Crippen molar-refractivity contribution in [2.24, 2.45) is 5.73 Å². The van der Waals surface area contributed by atoms with Crippen LogP contribution in [0.1, 0.15) is 53.0 Å². The van der Waals surface area contributed by atoms with Gasteiger partial charge in [-0.15, -0.1) is 0 Å². The number of nitrogens with two attached hydrogens (primary N) is 1. The van der Waals surface area contributed by atoms with Crippen LogP contribution >= 0.6 is 34.8 Å². The first-order valence-electron chi connectivity index (χ1n) is 16.9. The molecule has 0 saturated carbocycles. The van der Waals surface area contributed by atoms with Gasteiger partial charge in [0, 0.05) is 35.2 Å². The van der Waals surface area contributed by atoms with E-state index in [1.807, 2.05) is 43.3 Å². The second-order valence-electron chi connectivity index (χ2n) is 12.9. The van der Waals surface area contributed by atoms with Crippen molar-refractivity contribution < 1.29 is 19.1 Å². The number of ketones is 1. The van der Waals surface area contributed by atoms with Gasteiger partial charge in [0.1, 0.15) is 12.6 Å². The van der Waals surface area contributed by atoms with E-state index in [-0.39, 0.29) is 37.3 Å². The van der Waals surface area contributed by atoms with Crippen LogP contribution in [0.5, 0.6) is 0 Å². The topological polar surface area (TPSA) is 102 Å². The van der Waals surface area contributed by atoms with Crippen LogP contribution < -0.4 is 11.1 Å². The summed E-state index contributed by atoms with van der Waals surface area (Å²) in [7, 11) is 0. The highest BCUT2D eigenvalue weighted by Crippen LogP contribution is 2.44. The Hall–Kier alpha value is -4.40. The van der Waals surface area contributed by atoms with E-state index in [0.29, 0.717) is 57.6 Å². The zero-order valence-corrected chi connectivity index (χ0v) is 30.4. The molecule has 10 heteroatoms. The molecule has 0 aromatic heterocycles. The number of halogens is 3. The van der Waals surface area contributed by atoms with E-state index in [1.165, 1.54) is 0 Å². The lowest BCUT2D eigenvalue weighted by molar-refractivity contribution is -0.133. The van der Waals surface area contributed by atoms with Crippen LogP contribution in [0.2, 0.25) is 15.1 Å². The van der Waals surface area contributed by atoms with E-state index in [0.717, 1.165) is 33.4 Å². The first-order valence-corrected chi connectivity index (χ1v) is 18.0. The van der Waals surface area contributed by atoms with Gasteiger partial charge >= 0.3 is 6.09 Å². The lowest BCUT2D eigenvalue weighted by atomic mass is 9.93. The van der Waals surface area contributed by atoms with E-state index in [4.69, 9.17) is 45.3 Å². The molecule has 6 rings (SSSR count). The molecule has 262 valence electrons. The van der Waals surface area contributed by atoms with Crippen molar-refractivity contribution in [2.45, 2.75) is 38.1 Å². The Labute approximate surface area is 313 Å². The number of benzene rings is 4. The largest absolute Gasteiger partial charge is 0.449 e. The molecule has 1 aliphatic carbocycles. The number of unbranched alkanes of at least 4 members (excludes halogenated alkanes) is 1. The van der Waals surface area contributed by atoms with Gasteiger partial charge in [0.15, 0.2) is 5.78 Å².